The van der Waals surface area contributed by atoms with Crippen molar-refractivity contribution in [1.82, 2.24) is 4.98 Å². The number of nitrogens with two attached hydrogens (primary N) is 1. The van der Waals surface area contributed by atoms with Crippen LogP contribution >= 0.6 is 0 Å². The van der Waals surface area contributed by atoms with Gasteiger partial charge < -0.3 is 10.6 Å². The van der Waals surface area contributed by atoms with Gasteiger partial charge in [0.1, 0.15) is 5.82 Å². The Kier molecular flexibility index (Phi) is 2.69. The van der Waals surface area contributed by atoms with E-state index in [1.807, 2.05) is 12.1 Å². The zero-order valence-corrected chi connectivity index (χ0v) is 10.5. The summed E-state index contributed by atoms with van der Waals surface area (Å²) >= 11 is 0. The van der Waals surface area contributed by atoms with Gasteiger partial charge in [-0.15, -0.1) is 0 Å². The molecule has 0 aromatic carbocycles. The quantitative estimate of drug-likeness (QED) is 0.869. The van der Waals surface area contributed by atoms with Gasteiger partial charge in [-0.3, -0.25) is 0 Å². The lowest BCUT2D eigenvalue weighted by molar-refractivity contribution is 0.337. The van der Waals surface area contributed by atoms with E-state index in [0.717, 1.165) is 17.8 Å². The number of aromatic nitrogens is 1. The first kappa shape index (κ1) is 10.9. The van der Waals surface area contributed by atoms with E-state index in [4.69, 9.17) is 5.73 Å². The number of rotatable bonds is 3. The third-order valence-corrected chi connectivity index (χ3v) is 4.60. The molecular weight excluding hydrogens is 210 g/mol. The Hall–Kier alpha value is -1.25. The van der Waals surface area contributed by atoms with Crippen LogP contribution in [0.2, 0.25) is 0 Å². The van der Waals surface area contributed by atoms with Crippen molar-refractivity contribution in [3.63, 3.8) is 0 Å². The molecule has 0 amide bonds. The molecule has 0 saturated heterocycles. The molecule has 2 N–H and O–H groups in total. The molecule has 3 atom stereocenters. The smallest absolute Gasteiger partial charge is 0.125 e. The van der Waals surface area contributed by atoms with E-state index >= 15 is 0 Å². The van der Waals surface area contributed by atoms with Crippen LogP contribution in [0.25, 0.3) is 0 Å². The van der Waals surface area contributed by atoms with Crippen LogP contribution in [0, 0.1) is 17.8 Å². The molecule has 2 fully saturated rings. The maximum atomic E-state index is 5.73. The Bertz CT molecular complexity index is 404. The fourth-order valence-electron chi connectivity index (χ4n) is 3.73. The largest absolute Gasteiger partial charge is 0.384 e. The molecule has 3 heteroatoms. The van der Waals surface area contributed by atoms with Gasteiger partial charge in [-0.2, -0.15) is 0 Å². The van der Waals surface area contributed by atoms with Gasteiger partial charge in [0.25, 0.3) is 0 Å². The van der Waals surface area contributed by atoms with Crippen molar-refractivity contribution >= 4 is 11.5 Å². The number of pyridine rings is 1. The van der Waals surface area contributed by atoms with Crippen LogP contribution in [0.4, 0.5) is 11.5 Å². The molecule has 3 unspecified atom stereocenters. The van der Waals surface area contributed by atoms with Crippen molar-refractivity contribution in [3.05, 3.63) is 18.3 Å². The molecule has 1 aromatic heterocycles. The topological polar surface area (TPSA) is 42.2 Å². The predicted octanol–water partition coefficient (Wildman–Crippen LogP) is 2.54. The lowest BCUT2D eigenvalue weighted by Gasteiger charge is -2.28. The van der Waals surface area contributed by atoms with Crippen molar-refractivity contribution in [2.45, 2.75) is 25.7 Å². The highest BCUT2D eigenvalue weighted by Gasteiger charge is 2.39. The summed E-state index contributed by atoms with van der Waals surface area (Å²) in [6.45, 7) is 1.17. The van der Waals surface area contributed by atoms with Crippen molar-refractivity contribution in [2.75, 3.05) is 24.2 Å². The van der Waals surface area contributed by atoms with Gasteiger partial charge in [-0.1, -0.05) is 6.42 Å². The van der Waals surface area contributed by atoms with E-state index in [1.54, 1.807) is 6.20 Å². The molecule has 2 bridgehead atoms. The summed E-state index contributed by atoms with van der Waals surface area (Å²) < 4.78 is 0. The number of anilines is 2. The molecule has 2 aliphatic carbocycles. The second kappa shape index (κ2) is 4.21. The minimum atomic E-state index is 0.613. The first-order chi connectivity index (χ1) is 8.22. The molecule has 0 spiro atoms. The Labute approximate surface area is 103 Å². The normalized spacial score (nSPS) is 30.8. The summed E-state index contributed by atoms with van der Waals surface area (Å²) in [4.78, 5) is 6.38. The van der Waals surface area contributed by atoms with E-state index in [-0.39, 0.29) is 0 Å². The Balaban J connectivity index is 1.65. The van der Waals surface area contributed by atoms with Crippen LogP contribution in [-0.2, 0) is 0 Å². The molecule has 2 aliphatic rings. The SMILES string of the molecule is CN(CC1CC2CCC1C2)c1ccnc(N)c1. The number of hydrogen-bond donors (Lipinski definition) is 1. The lowest BCUT2D eigenvalue weighted by atomic mass is 9.88. The van der Waals surface area contributed by atoms with Gasteiger partial charge in [0.2, 0.25) is 0 Å². The standard InChI is InChI=1S/C14H21N3/c1-17(13-4-5-16-14(15)8-13)9-12-7-10-2-3-11(12)6-10/h4-5,8,10-12H,2-3,6-7,9H2,1H3,(H2,15,16). The van der Waals surface area contributed by atoms with Gasteiger partial charge in [0, 0.05) is 31.5 Å². The van der Waals surface area contributed by atoms with Gasteiger partial charge in [-0.25, -0.2) is 4.98 Å². The number of fused-ring (bicyclic) bond motifs is 2. The maximum Gasteiger partial charge on any atom is 0.125 e. The zero-order valence-electron chi connectivity index (χ0n) is 10.5. The van der Waals surface area contributed by atoms with Crippen molar-refractivity contribution in [1.29, 1.82) is 0 Å². The fraction of sp³-hybridized carbons (Fsp3) is 0.643. The molecule has 0 aliphatic heterocycles. The molecule has 1 aromatic rings. The van der Waals surface area contributed by atoms with Crippen LogP contribution in [0.5, 0.6) is 0 Å². The third-order valence-electron chi connectivity index (χ3n) is 4.60. The summed E-state index contributed by atoms with van der Waals surface area (Å²) in [5.74, 6) is 3.53. The van der Waals surface area contributed by atoms with E-state index in [2.05, 4.69) is 16.9 Å². The van der Waals surface area contributed by atoms with Crippen molar-refractivity contribution < 1.29 is 0 Å². The molecular formula is C14H21N3. The van der Waals surface area contributed by atoms with Gasteiger partial charge in [0.05, 0.1) is 0 Å². The summed E-state index contributed by atoms with van der Waals surface area (Å²) in [7, 11) is 2.17. The Morgan fingerprint density at radius 3 is 2.94 bits per heavy atom. The highest BCUT2D eigenvalue weighted by Crippen LogP contribution is 2.48. The van der Waals surface area contributed by atoms with Crippen LogP contribution in [-0.4, -0.2) is 18.6 Å². The highest BCUT2D eigenvalue weighted by molar-refractivity contribution is 5.51. The highest BCUT2D eigenvalue weighted by atomic mass is 15.1. The minimum absolute atomic E-state index is 0.613. The van der Waals surface area contributed by atoms with Crippen LogP contribution < -0.4 is 10.6 Å². The van der Waals surface area contributed by atoms with Crippen molar-refractivity contribution in [2.24, 2.45) is 17.8 Å². The molecule has 92 valence electrons. The average molecular weight is 231 g/mol. The zero-order chi connectivity index (χ0) is 11.8. The van der Waals surface area contributed by atoms with E-state index < -0.39 is 0 Å². The van der Waals surface area contributed by atoms with E-state index in [0.29, 0.717) is 5.82 Å². The van der Waals surface area contributed by atoms with E-state index in [1.165, 1.54) is 37.9 Å². The van der Waals surface area contributed by atoms with Gasteiger partial charge >= 0.3 is 0 Å². The molecule has 3 rings (SSSR count). The number of hydrogen-bond acceptors (Lipinski definition) is 3. The average Bonchev–Trinajstić information content (AvgIpc) is 2.91. The maximum absolute atomic E-state index is 5.73. The van der Waals surface area contributed by atoms with Crippen LogP contribution in [0.15, 0.2) is 18.3 Å². The Morgan fingerprint density at radius 1 is 1.41 bits per heavy atom. The van der Waals surface area contributed by atoms with E-state index in [9.17, 15) is 0 Å². The minimum Gasteiger partial charge on any atom is -0.384 e. The van der Waals surface area contributed by atoms with Crippen LogP contribution in [0.1, 0.15) is 25.7 Å². The predicted molar refractivity (Wildman–Crippen MR) is 70.9 cm³/mol. The number of nitrogens with zero attached hydrogens (tertiary/aromatic N) is 2. The number of nitrogen functional groups attached to an aromatic ring is 1. The molecule has 3 nitrogen and oxygen atoms in total. The second-order valence-corrected chi connectivity index (χ2v) is 5.75. The second-order valence-electron chi connectivity index (χ2n) is 5.75. The molecule has 0 radical (unpaired) electrons. The third kappa shape index (κ3) is 2.11. The first-order valence-corrected chi connectivity index (χ1v) is 6.65. The summed E-state index contributed by atoms with van der Waals surface area (Å²) in [5.41, 5.74) is 6.92. The summed E-state index contributed by atoms with van der Waals surface area (Å²) in [6.07, 6.45) is 7.66. The van der Waals surface area contributed by atoms with Gasteiger partial charge in [0.15, 0.2) is 0 Å². The molecule has 17 heavy (non-hydrogen) atoms. The summed E-state index contributed by atoms with van der Waals surface area (Å²) in [5, 5.41) is 0. The Morgan fingerprint density at radius 2 is 2.29 bits per heavy atom. The monoisotopic (exact) mass is 231 g/mol. The van der Waals surface area contributed by atoms with Gasteiger partial charge in [-0.05, 0) is 43.1 Å². The fourth-order valence-corrected chi connectivity index (χ4v) is 3.73. The van der Waals surface area contributed by atoms with Crippen molar-refractivity contribution in [3.8, 4) is 0 Å². The first-order valence-electron chi connectivity index (χ1n) is 6.65. The lowest BCUT2D eigenvalue weighted by Crippen LogP contribution is -2.28. The summed E-state index contributed by atoms with van der Waals surface area (Å²) in [6, 6.07) is 4.01. The van der Waals surface area contributed by atoms with Crippen LogP contribution in [0.3, 0.4) is 0 Å². The molecule has 1 heterocycles. The molecule has 2 saturated carbocycles.